The molecule has 0 spiro atoms. The maximum Gasteiger partial charge on any atom is 0.141 e. The number of aromatic nitrogens is 2. The van der Waals surface area contributed by atoms with Crippen molar-refractivity contribution in [3.63, 3.8) is 0 Å². The zero-order valence-electron chi connectivity index (χ0n) is 12.1. The zero-order chi connectivity index (χ0) is 14.5. The summed E-state index contributed by atoms with van der Waals surface area (Å²) in [5.41, 5.74) is 2.16. The molecule has 0 bridgehead atoms. The minimum Gasteiger partial charge on any atom is -0.366 e. The number of hydrogen-bond acceptors (Lipinski definition) is 3. The first kappa shape index (κ1) is 14.9. The lowest BCUT2D eigenvalue weighted by molar-refractivity contribution is 0.0848. The molecule has 0 aliphatic rings. The van der Waals surface area contributed by atoms with Crippen LogP contribution in [0.2, 0.25) is 0 Å². The van der Waals surface area contributed by atoms with E-state index in [0.29, 0.717) is 17.2 Å². The van der Waals surface area contributed by atoms with Crippen LogP contribution in [0.3, 0.4) is 0 Å². The van der Waals surface area contributed by atoms with Crippen molar-refractivity contribution in [2.75, 3.05) is 6.61 Å². The van der Waals surface area contributed by atoms with Crippen molar-refractivity contribution < 1.29 is 4.74 Å². The molecule has 0 saturated carbocycles. The largest absolute Gasteiger partial charge is 0.366 e. The van der Waals surface area contributed by atoms with Gasteiger partial charge >= 0.3 is 0 Å². The van der Waals surface area contributed by atoms with Gasteiger partial charge in [0, 0.05) is 12.3 Å². The molecule has 20 heavy (non-hydrogen) atoms. The fourth-order valence-electron chi connectivity index (χ4n) is 2.06. The first-order valence-corrected chi connectivity index (χ1v) is 7.30. The van der Waals surface area contributed by atoms with Gasteiger partial charge in [-0.25, -0.2) is 4.98 Å². The van der Waals surface area contributed by atoms with E-state index in [1.54, 1.807) is 0 Å². The van der Waals surface area contributed by atoms with Crippen LogP contribution in [0.5, 0.6) is 0 Å². The minimum absolute atomic E-state index is 0.207. The van der Waals surface area contributed by atoms with Crippen LogP contribution < -0.4 is 0 Å². The molecule has 1 unspecified atom stereocenters. The lowest BCUT2D eigenvalue weighted by Gasteiger charge is -2.18. The maximum absolute atomic E-state index is 5.86. The smallest absolute Gasteiger partial charge is 0.141 e. The highest BCUT2D eigenvalue weighted by Crippen LogP contribution is 2.24. The third-order valence-corrected chi connectivity index (χ3v) is 3.30. The van der Waals surface area contributed by atoms with Crippen LogP contribution in [-0.2, 0) is 4.74 Å². The third kappa shape index (κ3) is 3.52. The molecule has 1 aromatic heterocycles. The average Bonchev–Trinajstić information content (AvgIpc) is 2.45. The Hall–Kier alpha value is -1.52. The molecule has 1 aromatic carbocycles. The third-order valence-electron chi connectivity index (χ3n) is 3.09. The van der Waals surface area contributed by atoms with E-state index in [4.69, 9.17) is 17.0 Å². The lowest BCUT2D eigenvalue weighted by Crippen LogP contribution is -2.12. The zero-order valence-corrected chi connectivity index (χ0v) is 12.9. The number of H-pyrrole nitrogens is 1. The number of rotatable bonds is 5. The monoisotopic (exact) mass is 288 g/mol. The average molecular weight is 288 g/mol. The second kappa shape index (κ2) is 6.77. The summed E-state index contributed by atoms with van der Waals surface area (Å²) < 4.78 is 6.46. The summed E-state index contributed by atoms with van der Waals surface area (Å²) in [7, 11) is 0. The van der Waals surface area contributed by atoms with E-state index in [2.05, 4.69) is 23.8 Å². The van der Waals surface area contributed by atoms with E-state index in [0.717, 1.165) is 17.1 Å². The molecule has 0 aliphatic carbocycles. The van der Waals surface area contributed by atoms with Crippen LogP contribution in [-0.4, -0.2) is 16.6 Å². The molecule has 1 heterocycles. The van der Waals surface area contributed by atoms with Crippen molar-refractivity contribution in [3.05, 3.63) is 58.1 Å². The first-order valence-electron chi connectivity index (χ1n) is 6.89. The molecule has 0 saturated heterocycles. The molecule has 0 radical (unpaired) electrons. The van der Waals surface area contributed by atoms with Crippen LogP contribution in [0, 0.1) is 4.64 Å². The summed E-state index contributed by atoms with van der Waals surface area (Å²) >= 11 is 5.27. The van der Waals surface area contributed by atoms with Crippen LogP contribution in [0.4, 0.5) is 0 Å². The van der Waals surface area contributed by atoms with Gasteiger partial charge in [0.2, 0.25) is 0 Å². The molecule has 2 aromatic rings. The molecular weight excluding hydrogens is 268 g/mol. The number of hydrogen-bond donors (Lipinski definition) is 1. The number of benzene rings is 1. The van der Waals surface area contributed by atoms with Crippen molar-refractivity contribution >= 4 is 12.2 Å². The van der Waals surface area contributed by atoms with Gasteiger partial charge in [-0.2, -0.15) is 0 Å². The Morgan fingerprint density at radius 3 is 2.55 bits per heavy atom. The maximum atomic E-state index is 5.86. The second-order valence-corrected chi connectivity index (χ2v) is 5.38. The number of nitrogens with zero attached hydrogens (tertiary/aromatic N) is 1. The minimum atomic E-state index is -0.207. The summed E-state index contributed by atoms with van der Waals surface area (Å²) in [4.78, 5) is 7.81. The lowest BCUT2D eigenvalue weighted by atomic mass is 10.1. The molecule has 1 atom stereocenters. The molecule has 3 nitrogen and oxygen atoms in total. The number of aromatic amines is 1. The quantitative estimate of drug-likeness (QED) is 0.829. The SMILES string of the molecule is CCOC(c1ccccc1)c1nc(=S)cc(C(C)C)[nH]1. The normalized spacial score (nSPS) is 12.6. The van der Waals surface area contributed by atoms with Gasteiger partial charge < -0.3 is 9.72 Å². The Bertz CT molecular complexity index is 607. The molecule has 1 N–H and O–H groups in total. The summed E-state index contributed by atoms with van der Waals surface area (Å²) in [5, 5.41) is 0. The number of ether oxygens (including phenoxy) is 1. The van der Waals surface area contributed by atoms with E-state index >= 15 is 0 Å². The van der Waals surface area contributed by atoms with Gasteiger partial charge in [0.1, 0.15) is 16.6 Å². The highest BCUT2D eigenvalue weighted by Gasteiger charge is 2.17. The van der Waals surface area contributed by atoms with Crippen LogP contribution in [0.15, 0.2) is 36.4 Å². The van der Waals surface area contributed by atoms with E-state index < -0.39 is 0 Å². The van der Waals surface area contributed by atoms with E-state index in [9.17, 15) is 0 Å². The summed E-state index contributed by atoms with van der Waals surface area (Å²) in [5.74, 6) is 1.14. The van der Waals surface area contributed by atoms with E-state index in [-0.39, 0.29) is 6.10 Å². The van der Waals surface area contributed by atoms with Crippen LogP contribution >= 0.6 is 12.2 Å². The van der Waals surface area contributed by atoms with Crippen molar-refractivity contribution in [1.82, 2.24) is 9.97 Å². The Morgan fingerprint density at radius 1 is 1.25 bits per heavy atom. The standard InChI is InChI=1S/C16H20N2OS/c1-4-19-15(12-8-6-5-7-9-12)16-17-13(11(2)3)10-14(20)18-16/h5-11,15H,4H2,1-3H3,(H,17,18,20). The fourth-order valence-corrected chi connectivity index (χ4v) is 2.28. The second-order valence-electron chi connectivity index (χ2n) is 4.96. The van der Waals surface area contributed by atoms with Crippen molar-refractivity contribution in [3.8, 4) is 0 Å². The van der Waals surface area contributed by atoms with Gasteiger partial charge in [0.05, 0.1) is 0 Å². The molecule has 0 aliphatic heterocycles. The molecule has 0 amide bonds. The predicted octanol–water partition coefficient (Wildman–Crippen LogP) is 4.39. The fraction of sp³-hybridized carbons (Fsp3) is 0.375. The van der Waals surface area contributed by atoms with Crippen LogP contribution in [0.25, 0.3) is 0 Å². The Morgan fingerprint density at radius 2 is 1.95 bits per heavy atom. The topological polar surface area (TPSA) is 37.9 Å². The van der Waals surface area contributed by atoms with Crippen molar-refractivity contribution in [2.45, 2.75) is 32.8 Å². The molecule has 2 rings (SSSR count). The van der Waals surface area contributed by atoms with Gasteiger partial charge in [-0.05, 0) is 24.5 Å². The van der Waals surface area contributed by atoms with Gasteiger partial charge in [0.25, 0.3) is 0 Å². The van der Waals surface area contributed by atoms with E-state index in [1.807, 2.05) is 43.3 Å². The van der Waals surface area contributed by atoms with Crippen LogP contribution in [0.1, 0.15) is 49.9 Å². The molecular formula is C16H20N2OS. The summed E-state index contributed by atoms with van der Waals surface area (Å²) in [6.07, 6.45) is -0.207. The predicted molar refractivity (Wildman–Crippen MR) is 83.4 cm³/mol. The van der Waals surface area contributed by atoms with Crippen molar-refractivity contribution in [2.24, 2.45) is 0 Å². The van der Waals surface area contributed by atoms with Gasteiger partial charge in [-0.15, -0.1) is 0 Å². The van der Waals surface area contributed by atoms with Crippen molar-refractivity contribution in [1.29, 1.82) is 0 Å². The summed E-state index contributed by atoms with van der Waals surface area (Å²) in [6.45, 7) is 6.86. The van der Waals surface area contributed by atoms with Gasteiger partial charge in [0.15, 0.2) is 0 Å². The highest BCUT2D eigenvalue weighted by molar-refractivity contribution is 7.71. The van der Waals surface area contributed by atoms with Gasteiger partial charge in [-0.3, -0.25) is 0 Å². The number of nitrogens with one attached hydrogen (secondary N) is 1. The highest BCUT2D eigenvalue weighted by atomic mass is 32.1. The molecule has 106 valence electrons. The molecule has 0 fully saturated rings. The van der Waals surface area contributed by atoms with E-state index in [1.165, 1.54) is 0 Å². The Kier molecular flexibility index (Phi) is 5.04. The first-order chi connectivity index (χ1) is 9.61. The van der Waals surface area contributed by atoms with Gasteiger partial charge in [-0.1, -0.05) is 56.4 Å². The Balaban J connectivity index is 2.47. The Labute approximate surface area is 125 Å². The summed E-state index contributed by atoms with van der Waals surface area (Å²) in [6, 6.07) is 12.0. The molecule has 4 heteroatoms.